The summed E-state index contributed by atoms with van der Waals surface area (Å²) >= 11 is 7.55. The molecule has 2 atom stereocenters. The van der Waals surface area contributed by atoms with Crippen molar-refractivity contribution < 1.29 is 27.4 Å². The summed E-state index contributed by atoms with van der Waals surface area (Å²) in [6, 6.07) is -2.27. The Balaban J connectivity index is 2.20. The number of nitrogens with zero attached hydrogens (tertiary/aromatic N) is 4. The van der Waals surface area contributed by atoms with Gasteiger partial charge in [0.05, 0.1) is 6.04 Å². The summed E-state index contributed by atoms with van der Waals surface area (Å²) < 4.78 is 33.5. The van der Waals surface area contributed by atoms with E-state index >= 15 is 0 Å². The Morgan fingerprint density at radius 3 is 2.65 bits per heavy atom. The first-order valence-corrected chi connectivity index (χ1v) is 12.6. The fourth-order valence-corrected chi connectivity index (χ4v) is 5.84. The van der Waals surface area contributed by atoms with Crippen LogP contribution in [0.4, 0.5) is 5.13 Å². The van der Waals surface area contributed by atoms with E-state index in [-0.39, 0.29) is 22.3 Å². The van der Waals surface area contributed by atoms with Crippen LogP contribution < -0.4 is 11.1 Å². The van der Waals surface area contributed by atoms with Gasteiger partial charge in [-0.05, 0) is 13.8 Å². The molecule has 1 aromatic heterocycles. The molecule has 1 aliphatic heterocycles. The molecule has 0 saturated carbocycles. The zero-order valence-corrected chi connectivity index (χ0v) is 20.1. The van der Waals surface area contributed by atoms with E-state index in [1.54, 1.807) is 0 Å². The number of anilines is 1. The van der Waals surface area contributed by atoms with Crippen molar-refractivity contribution in [1.29, 1.82) is 0 Å². The first-order chi connectivity index (χ1) is 14.5. The van der Waals surface area contributed by atoms with Gasteiger partial charge in [-0.1, -0.05) is 29.1 Å². The van der Waals surface area contributed by atoms with Gasteiger partial charge in [0, 0.05) is 24.2 Å². The number of carbonyl (C=O) groups excluding carboxylic acids is 2. The molecule has 1 aromatic rings. The number of amides is 2. The smallest absolute Gasteiger partial charge is 0.362 e. The molecule has 0 aliphatic carbocycles. The lowest BCUT2D eigenvalue weighted by molar-refractivity contribution is -0.143. The first-order valence-electron chi connectivity index (χ1n) is 8.90. The lowest BCUT2D eigenvalue weighted by Gasteiger charge is -2.44. The van der Waals surface area contributed by atoms with Crippen LogP contribution in [0.2, 0.25) is 0 Å². The number of nitrogens with two attached hydrogens (primary N) is 1. The van der Waals surface area contributed by atoms with Gasteiger partial charge in [0.15, 0.2) is 10.8 Å². The molecule has 0 aromatic carbocycles. The van der Waals surface area contributed by atoms with Gasteiger partial charge in [-0.25, -0.2) is 9.29 Å². The predicted octanol–water partition coefficient (Wildman–Crippen LogP) is -0.0659. The molecule has 2 unspecified atom stereocenters. The quantitative estimate of drug-likeness (QED) is 0.134. The van der Waals surface area contributed by atoms with Crippen LogP contribution in [-0.4, -0.2) is 87.0 Å². The number of rotatable bonds is 9. The normalized spacial score (nSPS) is 19.0. The van der Waals surface area contributed by atoms with Crippen molar-refractivity contribution in [3.63, 3.8) is 0 Å². The third-order valence-corrected chi connectivity index (χ3v) is 7.51. The van der Waals surface area contributed by atoms with Crippen LogP contribution in [0.1, 0.15) is 19.5 Å². The van der Waals surface area contributed by atoms with Crippen LogP contribution in [0, 0.1) is 0 Å². The number of aromatic nitrogens is 1. The third-order valence-electron chi connectivity index (χ3n) is 4.27. The summed E-state index contributed by atoms with van der Waals surface area (Å²) in [7, 11) is -3.58. The van der Waals surface area contributed by atoms with E-state index in [4.69, 9.17) is 18.0 Å². The topological polar surface area (TPSA) is 168 Å². The van der Waals surface area contributed by atoms with Crippen LogP contribution in [0.5, 0.6) is 0 Å². The number of thiazole rings is 1. The van der Waals surface area contributed by atoms with Crippen LogP contribution in [-0.2, 0) is 24.7 Å². The number of hydrogen-bond donors (Lipinski definition) is 3. The van der Waals surface area contributed by atoms with E-state index < -0.39 is 34.2 Å². The second kappa shape index (κ2) is 10.5. The van der Waals surface area contributed by atoms with E-state index in [0.29, 0.717) is 21.7 Å². The van der Waals surface area contributed by atoms with Crippen molar-refractivity contribution in [1.82, 2.24) is 19.5 Å². The number of nitrogen functional groups attached to an aromatic ring is 1. The van der Waals surface area contributed by atoms with Crippen molar-refractivity contribution >= 4 is 72.6 Å². The molecule has 1 saturated heterocycles. The molecule has 12 nitrogen and oxygen atoms in total. The highest BCUT2D eigenvalue weighted by Crippen LogP contribution is 2.28. The van der Waals surface area contributed by atoms with Crippen molar-refractivity contribution in [2.24, 2.45) is 5.16 Å². The molecule has 172 valence electrons. The molecule has 0 spiro atoms. The molecule has 2 amide bonds. The average Bonchev–Trinajstić information content (AvgIpc) is 3.12. The molecule has 2 heterocycles. The standard InChI is InChI=1S/C15H22N6O6S4/c1-4-20(5-2)15(28)30-7-9-11(13(23)21(9)31(24,25)26)18-12(22)10(19-27-3)8-6-29-14(16)17-8/h6,9,11H,4-5,7H2,1-3H3,(H2,16,17)(H,18,22)(H,24,25,26)/b19-10-. The van der Waals surface area contributed by atoms with Crippen LogP contribution >= 0.6 is 35.3 Å². The molecular weight excluding hydrogens is 488 g/mol. The molecule has 0 radical (unpaired) electrons. The molecule has 0 bridgehead atoms. The number of oxime groups is 1. The average molecular weight is 511 g/mol. The Labute approximate surface area is 193 Å². The molecule has 4 N–H and O–H groups in total. The van der Waals surface area contributed by atoms with Gasteiger partial charge in [0.2, 0.25) is 0 Å². The van der Waals surface area contributed by atoms with Crippen LogP contribution in [0.25, 0.3) is 0 Å². The van der Waals surface area contributed by atoms with Gasteiger partial charge in [-0.3, -0.25) is 14.1 Å². The van der Waals surface area contributed by atoms with E-state index in [2.05, 4.69) is 20.3 Å². The van der Waals surface area contributed by atoms with Crippen molar-refractivity contribution in [2.75, 3.05) is 31.7 Å². The highest BCUT2D eigenvalue weighted by atomic mass is 32.2. The maximum absolute atomic E-state index is 12.7. The van der Waals surface area contributed by atoms with E-state index in [1.807, 2.05) is 18.7 Å². The number of nitrogens with one attached hydrogen (secondary N) is 1. The largest absolute Gasteiger partial charge is 0.398 e. The molecule has 1 aliphatic rings. The van der Waals surface area contributed by atoms with E-state index in [0.717, 1.165) is 23.1 Å². The SMILES string of the molecule is CCN(CC)C(=S)SCC1C(NC(=O)/C(=N\OC)c2csc(N)n2)C(=O)N1S(=O)(=O)O. The summed E-state index contributed by atoms with van der Waals surface area (Å²) in [5.41, 5.74) is 5.48. The Kier molecular flexibility index (Phi) is 8.58. The first kappa shape index (κ1) is 25.3. The van der Waals surface area contributed by atoms with Gasteiger partial charge < -0.3 is 20.8 Å². The highest BCUT2D eigenvalue weighted by Gasteiger charge is 2.54. The summed E-state index contributed by atoms with van der Waals surface area (Å²) in [6.45, 7) is 5.14. The fourth-order valence-electron chi connectivity index (χ4n) is 2.76. The maximum Gasteiger partial charge on any atom is 0.362 e. The fraction of sp³-hybridized carbons (Fsp3) is 0.533. The summed E-state index contributed by atoms with van der Waals surface area (Å²) in [5.74, 6) is -1.77. The minimum absolute atomic E-state index is 0.0339. The van der Waals surface area contributed by atoms with Crippen LogP contribution in [0.15, 0.2) is 10.5 Å². The Morgan fingerprint density at radius 1 is 1.52 bits per heavy atom. The van der Waals surface area contributed by atoms with Crippen molar-refractivity contribution in [3.05, 3.63) is 11.1 Å². The second-order valence-corrected chi connectivity index (χ2v) is 9.91. The minimum atomic E-state index is -4.81. The number of thiocarbonyl (C=S) groups is 1. The number of thioether (sulfide) groups is 1. The van der Waals surface area contributed by atoms with Gasteiger partial charge in [0.25, 0.3) is 11.8 Å². The molecule has 31 heavy (non-hydrogen) atoms. The predicted molar refractivity (Wildman–Crippen MR) is 122 cm³/mol. The summed E-state index contributed by atoms with van der Waals surface area (Å²) in [5, 5.41) is 7.73. The monoisotopic (exact) mass is 510 g/mol. The molecular formula is C15H22N6O6S4. The summed E-state index contributed by atoms with van der Waals surface area (Å²) in [6.07, 6.45) is 0. The lowest BCUT2D eigenvalue weighted by atomic mass is 10.0. The van der Waals surface area contributed by atoms with Crippen molar-refractivity contribution in [2.45, 2.75) is 25.9 Å². The highest BCUT2D eigenvalue weighted by molar-refractivity contribution is 8.22. The van der Waals surface area contributed by atoms with Gasteiger partial charge in [-0.2, -0.15) is 8.42 Å². The lowest BCUT2D eigenvalue weighted by Crippen LogP contribution is -2.73. The number of β-lactam (4-membered cyclic amide) rings is 1. The number of carbonyl (C=O) groups is 2. The third kappa shape index (κ3) is 5.82. The van der Waals surface area contributed by atoms with Gasteiger partial charge >= 0.3 is 10.3 Å². The molecule has 1 fully saturated rings. The minimum Gasteiger partial charge on any atom is -0.398 e. The van der Waals surface area contributed by atoms with Gasteiger partial charge in [0.1, 0.15) is 23.2 Å². The zero-order valence-electron chi connectivity index (χ0n) is 16.8. The summed E-state index contributed by atoms with van der Waals surface area (Å²) in [4.78, 5) is 35.6. The zero-order chi connectivity index (χ0) is 23.3. The Hall–Kier alpha value is -2.01. The molecule has 16 heteroatoms. The maximum atomic E-state index is 12.7. The molecule has 2 rings (SSSR count). The Morgan fingerprint density at radius 2 is 2.16 bits per heavy atom. The second-order valence-electron chi connectivity index (χ2n) is 6.07. The number of hydrogen-bond acceptors (Lipinski definition) is 11. The Bertz CT molecular complexity index is 976. The van der Waals surface area contributed by atoms with E-state index in [9.17, 15) is 22.6 Å². The van der Waals surface area contributed by atoms with Gasteiger partial charge in [-0.15, -0.1) is 11.3 Å². The van der Waals surface area contributed by atoms with E-state index in [1.165, 1.54) is 12.5 Å². The van der Waals surface area contributed by atoms with Crippen molar-refractivity contribution in [3.8, 4) is 0 Å². The van der Waals surface area contributed by atoms with Crippen LogP contribution in [0.3, 0.4) is 0 Å².